The molecule has 0 saturated heterocycles. The fourth-order valence-electron chi connectivity index (χ4n) is 2.11. The number of aromatic amines is 1. The highest BCUT2D eigenvalue weighted by Gasteiger charge is 2.16. The molecule has 4 nitrogen and oxygen atoms in total. The van der Waals surface area contributed by atoms with Crippen LogP contribution in [0.15, 0.2) is 18.2 Å². The van der Waals surface area contributed by atoms with Crippen LogP contribution in [0.25, 0.3) is 0 Å². The number of pyridine rings is 1. The zero-order chi connectivity index (χ0) is 15.4. The molecule has 0 unspecified atom stereocenters. The molecule has 0 radical (unpaired) electrons. The first kappa shape index (κ1) is 15.9. The van der Waals surface area contributed by atoms with Crippen molar-refractivity contribution in [3.63, 3.8) is 0 Å². The Hall–Kier alpha value is -1.53. The molecule has 2 aromatic heterocycles. The number of rotatable bonds is 5. The molecule has 2 rings (SSSR count). The molecule has 0 aromatic carbocycles. The van der Waals surface area contributed by atoms with Crippen molar-refractivity contribution in [3.8, 4) is 0 Å². The maximum absolute atomic E-state index is 12.5. The molecule has 2 aromatic rings. The molecule has 0 saturated carbocycles. The van der Waals surface area contributed by atoms with Crippen molar-refractivity contribution in [2.45, 2.75) is 33.7 Å². The van der Waals surface area contributed by atoms with Crippen molar-refractivity contribution in [1.29, 1.82) is 0 Å². The van der Waals surface area contributed by atoms with Crippen LogP contribution in [-0.2, 0) is 17.8 Å². The highest BCUT2D eigenvalue weighted by Crippen LogP contribution is 2.16. The third-order valence-corrected chi connectivity index (χ3v) is 4.61. The van der Waals surface area contributed by atoms with Crippen LogP contribution in [-0.4, -0.2) is 27.3 Å². The summed E-state index contributed by atoms with van der Waals surface area (Å²) >= 11 is 6.59. The van der Waals surface area contributed by atoms with E-state index in [0.29, 0.717) is 19.5 Å². The summed E-state index contributed by atoms with van der Waals surface area (Å²) in [6.07, 6.45) is 0.392. The van der Waals surface area contributed by atoms with E-state index < -0.39 is 0 Å². The number of amides is 1. The normalized spacial score (nSPS) is 10.6. The van der Waals surface area contributed by atoms with Gasteiger partial charge in [-0.25, -0.2) is 0 Å². The minimum Gasteiger partial charge on any atom is -0.341 e. The van der Waals surface area contributed by atoms with Gasteiger partial charge in [0.15, 0.2) is 3.95 Å². The first-order valence-electron chi connectivity index (χ1n) is 6.88. The van der Waals surface area contributed by atoms with Crippen LogP contribution in [0.2, 0.25) is 0 Å². The largest absolute Gasteiger partial charge is 0.341 e. The number of hydrogen-bond donors (Lipinski definition) is 1. The first-order chi connectivity index (χ1) is 9.99. The summed E-state index contributed by atoms with van der Waals surface area (Å²) in [4.78, 5) is 22.8. The summed E-state index contributed by atoms with van der Waals surface area (Å²) in [7, 11) is 0. The Morgan fingerprint density at radius 3 is 2.76 bits per heavy atom. The van der Waals surface area contributed by atoms with Crippen LogP contribution < -0.4 is 0 Å². The highest BCUT2D eigenvalue weighted by molar-refractivity contribution is 7.73. The van der Waals surface area contributed by atoms with Gasteiger partial charge < -0.3 is 9.88 Å². The van der Waals surface area contributed by atoms with E-state index in [0.717, 1.165) is 25.9 Å². The third-order valence-electron chi connectivity index (χ3n) is 3.27. The number of hydrogen-bond acceptors (Lipinski definition) is 4. The number of aryl methyl sites for hydroxylation is 2. The van der Waals surface area contributed by atoms with Gasteiger partial charge in [0.05, 0.1) is 18.7 Å². The van der Waals surface area contributed by atoms with Crippen LogP contribution in [0.4, 0.5) is 0 Å². The van der Waals surface area contributed by atoms with Gasteiger partial charge in [-0.2, -0.15) is 0 Å². The minimum absolute atomic E-state index is 0.106. The molecule has 21 heavy (non-hydrogen) atoms. The summed E-state index contributed by atoms with van der Waals surface area (Å²) in [5.74, 6) is 0.106. The van der Waals surface area contributed by atoms with Gasteiger partial charge in [0.25, 0.3) is 0 Å². The lowest BCUT2D eigenvalue weighted by atomic mass is 10.2. The summed E-state index contributed by atoms with van der Waals surface area (Å²) < 4.78 is 0.721. The lowest BCUT2D eigenvalue weighted by molar-refractivity contribution is -0.130. The zero-order valence-corrected chi connectivity index (χ0v) is 14.1. The molecule has 0 atom stereocenters. The van der Waals surface area contributed by atoms with Crippen molar-refractivity contribution in [3.05, 3.63) is 44.1 Å². The molecule has 0 aliphatic carbocycles. The monoisotopic (exact) mass is 321 g/mol. The molecule has 0 aliphatic heterocycles. The van der Waals surface area contributed by atoms with Crippen LogP contribution in [0.1, 0.15) is 28.9 Å². The molecule has 112 valence electrons. The Labute approximate surface area is 133 Å². The predicted molar refractivity (Wildman–Crippen MR) is 88.0 cm³/mol. The quantitative estimate of drug-likeness (QED) is 0.859. The lowest BCUT2D eigenvalue weighted by Gasteiger charge is -2.20. The van der Waals surface area contributed by atoms with Crippen LogP contribution in [0.3, 0.4) is 0 Å². The topological polar surface area (TPSA) is 49.0 Å². The number of nitrogens with zero attached hydrogens (tertiary/aromatic N) is 2. The average molecular weight is 321 g/mol. The number of carbonyl (C=O) groups is 1. The van der Waals surface area contributed by atoms with E-state index in [1.54, 1.807) is 0 Å². The molecule has 1 amide bonds. The van der Waals surface area contributed by atoms with Crippen molar-refractivity contribution in [2.24, 2.45) is 0 Å². The molecule has 1 N–H and O–H groups in total. The number of thiazole rings is 1. The molecule has 0 bridgehead atoms. The summed E-state index contributed by atoms with van der Waals surface area (Å²) in [6, 6.07) is 5.88. The van der Waals surface area contributed by atoms with Crippen molar-refractivity contribution >= 4 is 29.5 Å². The van der Waals surface area contributed by atoms with E-state index in [1.807, 2.05) is 43.9 Å². The maximum atomic E-state index is 12.5. The summed E-state index contributed by atoms with van der Waals surface area (Å²) in [5, 5.41) is 0. The Kier molecular flexibility index (Phi) is 5.25. The Balaban J connectivity index is 2.08. The van der Waals surface area contributed by atoms with Crippen LogP contribution in [0, 0.1) is 17.8 Å². The van der Waals surface area contributed by atoms with Gasteiger partial charge in [0.1, 0.15) is 0 Å². The predicted octanol–water partition coefficient (Wildman–Crippen LogP) is 3.41. The van der Waals surface area contributed by atoms with E-state index in [2.05, 4.69) is 9.97 Å². The Morgan fingerprint density at radius 1 is 1.43 bits per heavy atom. The van der Waals surface area contributed by atoms with Crippen molar-refractivity contribution < 1.29 is 4.79 Å². The number of nitrogens with one attached hydrogen (secondary N) is 1. The number of aromatic nitrogens is 2. The molecule has 0 aliphatic rings. The minimum atomic E-state index is 0.106. The highest BCUT2D eigenvalue weighted by atomic mass is 32.1. The van der Waals surface area contributed by atoms with Gasteiger partial charge in [-0.05, 0) is 45.1 Å². The van der Waals surface area contributed by atoms with Crippen molar-refractivity contribution in [1.82, 2.24) is 14.9 Å². The third kappa shape index (κ3) is 4.22. The molecule has 6 heteroatoms. The van der Waals surface area contributed by atoms with E-state index in [4.69, 9.17) is 12.2 Å². The van der Waals surface area contributed by atoms with Crippen LogP contribution >= 0.6 is 23.6 Å². The van der Waals surface area contributed by atoms with E-state index in [-0.39, 0.29) is 5.91 Å². The molecular weight excluding hydrogens is 302 g/mol. The summed E-state index contributed by atoms with van der Waals surface area (Å²) in [6.45, 7) is 7.11. The summed E-state index contributed by atoms with van der Waals surface area (Å²) in [5.41, 5.74) is 2.88. The SMILES string of the molecule is CCN(Cc1cccc(C)n1)C(=O)Cc1sc(=S)[nH]c1C. The molecule has 0 fully saturated rings. The van der Waals surface area contributed by atoms with Gasteiger partial charge in [0, 0.05) is 22.8 Å². The fourth-order valence-corrected chi connectivity index (χ4v) is 3.40. The van der Waals surface area contributed by atoms with E-state index in [9.17, 15) is 4.79 Å². The first-order valence-corrected chi connectivity index (χ1v) is 8.11. The fraction of sp³-hybridized carbons (Fsp3) is 0.400. The Bertz CT molecular complexity index is 690. The zero-order valence-electron chi connectivity index (χ0n) is 12.5. The smallest absolute Gasteiger partial charge is 0.228 e. The second-order valence-corrected chi connectivity index (χ2v) is 6.69. The second kappa shape index (κ2) is 6.95. The van der Waals surface area contributed by atoms with Gasteiger partial charge >= 0.3 is 0 Å². The average Bonchev–Trinajstić information content (AvgIpc) is 2.74. The van der Waals surface area contributed by atoms with Gasteiger partial charge in [-0.15, -0.1) is 11.3 Å². The standard InChI is InChI=1S/C15H19N3OS2/c1-4-18(9-12-7-5-6-10(2)16-12)14(19)8-13-11(3)17-15(20)21-13/h5-7H,4,8-9H2,1-3H3,(H,17,20). The van der Waals surface area contributed by atoms with Crippen molar-refractivity contribution in [2.75, 3.05) is 6.54 Å². The van der Waals surface area contributed by atoms with Gasteiger partial charge in [0.2, 0.25) is 5.91 Å². The molecule has 0 spiro atoms. The second-order valence-electron chi connectivity index (χ2n) is 4.92. The van der Waals surface area contributed by atoms with Gasteiger partial charge in [-0.1, -0.05) is 6.07 Å². The molecular formula is C15H19N3OS2. The van der Waals surface area contributed by atoms with E-state index in [1.165, 1.54) is 11.3 Å². The maximum Gasteiger partial charge on any atom is 0.228 e. The lowest BCUT2D eigenvalue weighted by Crippen LogP contribution is -2.32. The number of H-pyrrole nitrogens is 1. The van der Waals surface area contributed by atoms with Crippen LogP contribution in [0.5, 0.6) is 0 Å². The van der Waals surface area contributed by atoms with Gasteiger partial charge in [-0.3, -0.25) is 9.78 Å². The number of likely N-dealkylation sites (N-methyl/N-ethyl adjacent to an activating group) is 1. The molecule has 2 heterocycles. The van der Waals surface area contributed by atoms with E-state index >= 15 is 0 Å². The Morgan fingerprint density at radius 2 is 2.19 bits per heavy atom. The number of carbonyl (C=O) groups excluding carboxylic acids is 1.